The van der Waals surface area contributed by atoms with Crippen LogP contribution in [0.2, 0.25) is 0 Å². The molecule has 0 saturated heterocycles. The number of anilines is 1. The summed E-state index contributed by atoms with van der Waals surface area (Å²) in [5, 5.41) is 12.5. The molecule has 1 N–H and O–H groups in total. The van der Waals surface area contributed by atoms with Gasteiger partial charge in [0.05, 0.1) is 5.75 Å². The van der Waals surface area contributed by atoms with Gasteiger partial charge in [-0.3, -0.25) is 4.79 Å². The normalized spacial score (nSPS) is 18.1. The van der Waals surface area contributed by atoms with Gasteiger partial charge in [-0.05, 0) is 36.0 Å². The van der Waals surface area contributed by atoms with Crippen molar-refractivity contribution in [2.75, 3.05) is 11.1 Å². The molecule has 1 aliphatic rings. The molecule has 0 bridgehead atoms. The fourth-order valence-corrected chi connectivity index (χ4v) is 4.31. The summed E-state index contributed by atoms with van der Waals surface area (Å²) in [5.74, 6) is 2.24. The number of hydrogen-bond acceptors (Lipinski definition) is 4. The van der Waals surface area contributed by atoms with E-state index in [1.165, 1.54) is 17.3 Å². The SMILES string of the molecule is CCc1ccccc1NC(=O)CSc1nnc(C2CC2c2ccccc2)n1C. The number of hydrogen-bond donors (Lipinski definition) is 1. The molecule has 28 heavy (non-hydrogen) atoms. The molecule has 6 heteroatoms. The Kier molecular flexibility index (Phi) is 5.48. The molecule has 4 rings (SSSR count). The van der Waals surface area contributed by atoms with Crippen LogP contribution in [0.15, 0.2) is 59.8 Å². The zero-order valence-corrected chi connectivity index (χ0v) is 16.9. The minimum Gasteiger partial charge on any atom is -0.325 e. The molecule has 1 aromatic heterocycles. The van der Waals surface area contributed by atoms with Gasteiger partial charge in [-0.25, -0.2) is 0 Å². The number of aromatic nitrogens is 3. The smallest absolute Gasteiger partial charge is 0.234 e. The zero-order valence-electron chi connectivity index (χ0n) is 16.1. The lowest BCUT2D eigenvalue weighted by atomic mass is 10.1. The van der Waals surface area contributed by atoms with E-state index in [1.54, 1.807) is 0 Å². The highest BCUT2D eigenvalue weighted by atomic mass is 32.2. The largest absolute Gasteiger partial charge is 0.325 e. The van der Waals surface area contributed by atoms with Crippen molar-refractivity contribution in [3.05, 3.63) is 71.5 Å². The van der Waals surface area contributed by atoms with Gasteiger partial charge in [-0.15, -0.1) is 10.2 Å². The monoisotopic (exact) mass is 392 g/mol. The van der Waals surface area contributed by atoms with Crippen LogP contribution in [0.25, 0.3) is 0 Å². The first kappa shape index (κ1) is 18.7. The third-order valence-electron chi connectivity index (χ3n) is 5.22. The summed E-state index contributed by atoms with van der Waals surface area (Å²) in [5.41, 5.74) is 3.39. The quantitative estimate of drug-likeness (QED) is 0.606. The van der Waals surface area contributed by atoms with Gasteiger partial charge in [-0.1, -0.05) is 67.2 Å². The topological polar surface area (TPSA) is 59.8 Å². The number of thioether (sulfide) groups is 1. The van der Waals surface area contributed by atoms with Gasteiger partial charge < -0.3 is 9.88 Å². The van der Waals surface area contributed by atoms with Crippen molar-refractivity contribution in [1.29, 1.82) is 0 Å². The van der Waals surface area contributed by atoms with Gasteiger partial charge in [0, 0.05) is 18.7 Å². The Balaban J connectivity index is 1.36. The fraction of sp³-hybridized carbons (Fsp3) is 0.318. The van der Waals surface area contributed by atoms with Crippen LogP contribution < -0.4 is 5.32 Å². The van der Waals surface area contributed by atoms with Crippen LogP contribution in [-0.2, 0) is 18.3 Å². The second kappa shape index (κ2) is 8.19. The number of nitrogens with zero attached hydrogens (tertiary/aromatic N) is 3. The second-order valence-electron chi connectivity index (χ2n) is 7.11. The summed E-state index contributed by atoms with van der Waals surface area (Å²) in [7, 11) is 1.99. The number of carbonyl (C=O) groups excluding carboxylic acids is 1. The highest BCUT2D eigenvalue weighted by Gasteiger charge is 2.42. The Morgan fingerprint density at radius 3 is 2.64 bits per heavy atom. The number of rotatable bonds is 7. The standard InChI is InChI=1S/C22H24N4OS/c1-3-15-9-7-8-12-19(15)23-20(27)14-28-22-25-24-21(26(22)2)18-13-17(18)16-10-5-4-6-11-16/h4-12,17-18H,3,13-14H2,1-2H3,(H,23,27). The Morgan fingerprint density at radius 1 is 1.11 bits per heavy atom. The number of amides is 1. The molecule has 1 heterocycles. The maximum absolute atomic E-state index is 12.4. The molecular weight excluding hydrogens is 368 g/mol. The lowest BCUT2D eigenvalue weighted by Crippen LogP contribution is -2.15. The molecule has 0 spiro atoms. The summed E-state index contributed by atoms with van der Waals surface area (Å²) < 4.78 is 2.03. The lowest BCUT2D eigenvalue weighted by Gasteiger charge is -2.09. The highest BCUT2D eigenvalue weighted by molar-refractivity contribution is 7.99. The van der Waals surface area contributed by atoms with Crippen molar-refractivity contribution >= 4 is 23.4 Å². The Bertz CT molecular complexity index is 970. The highest BCUT2D eigenvalue weighted by Crippen LogP contribution is 2.54. The molecule has 2 unspecified atom stereocenters. The van der Waals surface area contributed by atoms with Crippen LogP contribution in [0.3, 0.4) is 0 Å². The minimum absolute atomic E-state index is 0.0240. The van der Waals surface area contributed by atoms with Crippen molar-refractivity contribution < 1.29 is 4.79 Å². The Morgan fingerprint density at radius 2 is 1.86 bits per heavy atom. The van der Waals surface area contributed by atoms with E-state index in [-0.39, 0.29) is 5.91 Å². The predicted molar refractivity (Wildman–Crippen MR) is 113 cm³/mol. The number of benzene rings is 2. The molecule has 1 saturated carbocycles. The average Bonchev–Trinajstić information content (AvgIpc) is 3.44. The Hall–Kier alpha value is -2.60. The molecule has 0 radical (unpaired) electrons. The van der Waals surface area contributed by atoms with E-state index < -0.39 is 0 Å². The van der Waals surface area contributed by atoms with Gasteiger partial charge in [0.1, 0.15) is 5.82 Å². The molecule has 0 aliphatic heterocycles. The average molecular weight is 393 g/mol. The first-order chi connectivity index (χ1) is 13.7. The molecule has 1 aliphatic carbocycles. The van der Waals surface area contributed by atoms with Crippen molar-refractivity contribution in [2.45, 2.75) is 36.8 Å². The Labute approximate surface area is 169 Å². The van der Waals surface area contributed by atoms with E-state index in [4.69, 9.17) is 0 Å². The molecule has 5 nitrogen and oxygen atoms in total. The van der Waals surface area contributed by atoms with E-state index >= 15 is 0 Å². The number of aryl methyl sites for hydroxylation is 1. The van der Waals surface area contributed by atoms with E-state index in [0.717, 1.165) is 35.1 Å². The van der Waals surface area contributed by atoms with E-state index in [2.05, 4.69) is 46.7 Å². The van der Waals surface area contributed by atoms with Gasteiger partial charge in [-0.2, -0.15) is 0 Å². The van der Waals surface area contributed by atoms with Gasteiger partial charge in [0.25, 0.3) is 0 Å². The zero-order chi connectivity index (χ0) is 19.5. The summed E-state index contributed by atoms with van der Waals surface area (Å²) >= 11 is 1.43. The van der Waals surface area contributed by atoms with Crippen LogP contribution in [0.5, 0.6) is 0 Å². The summed E-state index contributed by atoms with van der Waals surface area (Å²) in [6.07, 6.45) is 2.00. The molecular formula is C22H24N4OS. The van der Waals surface area contributed by atoms with E-state index in [9.17, 15) is 4.79 Å². The van der Waals surface area contributed by atoms with Gasteiger partial charge >= 0.3 is 0 Å². The molecule has 1 fully saturated rings. The van der Waals surface area contributed by atoms with Gasteiger partial charge in [0.15, 0.2) is 5.16 Å². The fourth-order valence-electron chi connectivity index (χ4n) is 3.59. The number of para-hydroxylation sites is 1. The van der Waals surface area contributed by atoms with Crippen LogP contribution >= 0.6 is 11.8 Å². The third kappa shape index (κ3) is 3.97. The molecule has 3 aromatic rings. The van der Waals surface area contributed by atoms with Gasteiger partial charge in [0.2, 0.25) is 5.91 Å². The van der Waals surface area contributed by atoms with Crippen LogP contribution in [0.1, 0.15) is 42.1 Å². The van der Waals surface area contributed by atoms with Crippen LogP contribution in [0, 0.1) is 0 Å². The third-order valence-corrected chi connectivity index (χ3v) is 6.24. The maximum Gasteiger partial charge on any atom is 0.234 e. The maximum atomic E-state index is 12.4. The van der Waals surface area contributed by atoms with Crippen molar-refractivity contribution in [2.24, 2.45) is 7.05 Å². The van der Waals surface area contributed by atoms with Crippen molar-refractivity contribution in [3.63, 3.8) is 0 Å². The summed E-state index contributed by atoms with van der Waals surface area (Å²) in [6, 6.07) is 18.5. The lowest BCUT2D eigenvalue weighted by molar-refractivity contribution is -0.113. The summed E-state index contributed by atoms with van der Waals surface area (Å²) in [4.78, 5) is 12.4. The van der Waals surface area contributed by atoms with E-state index in [1.807, 2.05) is 41.9 Å². The summed E-state index contributed by atoms with van der Waals surface area (Å²) in [6.45, 7) is 2.08. The molecule has 2 atom stereocenters. The van der Waals surface area contributed by atoms with Crippen LogP contribution in [-0.4, -0.2) is 26.4 Å². The molecule has 144 valence electrons. The molecule has 2 aromatic carbocycles. The van der Waals surface area contributed by atoms with Crippen molar-refractivity contribution in [1.82, 2.24) is 14.8 Å². The van der Waals surface area contributed by atoms with Crippen LogP contribution in [0.4, 0.5) is 5.69 Å². The first-order valence-electron chi connectivity index (χ1n) is 9.62. The number of carbonyl (C=O) groups is 1. The first-order valence-corrected chi connectivity index (χ1v) is 10.6. The van der Waals surface area contributed by atoms with E-state index in [0.29, 0.717) is 17.6 Å². The molecule has 1 amide bonds. The second-order valence-corrected chi connectivity index (χ2v) is 8.05. The minimum atomic E-state index is -0.0240. The van der Waals surface area contributed by atoms with Crippen molar-refractivity contribution in [3.8, 4) is 0 Å². The number of nitrogens with one attached hydrogen (secondary N) is 1. The predicted octanol–water partition coefficient (Wildman–Crippen LogP) is 4.38.